The zero-order valence-corrected chi connectivity index (χ0v) is 15.8. The molecule has 1 saturated heterocycles. The van der Waals surface area contributed by atoms with Crippen molar-refractivity contribution in [1.82, 2.24) is 24.5 Å². The van der Waals surface area contributed by atoms with E-state index < -0.39 is 0 Å². The first-order valence-electron chi connectivity index (χ1n) is 9.02. The summed E-state index contributed by atoms with van der Waals surface area (Å²) in [5.41, 5.74) is 2.80. The molecule has 1 aliphatic rings. The molecule has 0 unspecified atom stereocenters. The lowest BCUT2D eigenvalue weighted by Gasteiger charge is -2.35. The SMILES string of the molecule is Cc1cc(N2CCN(C(=O)c3cccc(N(C)C)c3)CC2)nc2nncn12. The van der Waals surface area contributed by atoms with Crippen LogP contribution in [0.3, 0.4) is 0 Å². The highest BCUT2D eigenvalue weighted by Crippen LogP contribution is 2.19. The molecule has 0 N–H and O–H groups in total. The number of hydrogen-bond donors (Lipinski definition) is 0. The van der Waals surface area contributed by atoms with Gasteiger partial charge in [0, 0.05) is 63.3 Å². The molecule has 8 nitrogen and oxygen atoms in total. The molecule has 0 aliphatic carbocycles. The molecule has 1 aliphatic heterocycles. The summed E-state index contributed by atoms with van der Waals surface area (Å²) < 4.78 is 1.86. The van der Waals surface area contributed by atoms with Crippen LogP contribution in [-0.2, 0) is 0 Å². The number of piperazine rings is 1. The molecule has 1 aromatic carbocycles. The Morgan fingerprint density at radius 1 is 1.11 bits per heavy atom. The van der Waals surface area contributed by atoms with Crippen LogP contribution in [0, 0.1) is 6.92 Å². The summed E-state index contributed by atoms with van der Waals surface area (Å²) in [6, 6.07) is 9.79. The van der Waals surface area contributed by atoms with Gasteiger partial charge in [0.25, 0.3) is 11.7 Å². The van der Waals surface area contributed by atoms with Crippen LogP contribution < -0.4 is 9.80 Å². The van der Waals surface area contributed by atoms with E-state index >= 15 is 0 Å². The molecule has 1 fully saturated rings. The lowest BCUT2D eigenvalue weighted by atomic mass is 10.1. The molecular weight excluding hydrogens is 342 g/mol. The summed E-state index contributed by atoms with van der Waals surface area (Å²) in [7, 11) is 3.95. The Morgan fingerprint density at radius 3 is 2.63 bits per heavy atom. The number of carbonyl (C=O) groups excluding carboxylic acids is 1. The van der Waals surface area contributed by atoms with Crippen molar-refractivity contribution in [2.24, 2.45) is 0 Å². The van der Waals surface area contributed by atoms with Crippen LogP contribution in [0.4, 0.5) is 11.5 Å². The zero-order chi connectivity index (χ0) is 19.0. The lowest BCUT2D eigenvalue weighted by Crippen LogP contribution is -2.49. The number of anilines is 2. The van der Waals surface area contributed by atoms with Crippen molar-refractivity contribution in [3.63, 3.8) is 0 Å². The van der Waals surface area contributed by atoms with Crippen LogP contribution in [0.15, 0.2) is 36.7 Å². The largest absolute Gasteiger partial charge is 0.378 e. The van der Waals surface area contributed by atoms with Crippen LogP contribution in [0.5, 0.6) is 0 Å². The van der Waals surface area contributed by atoms with Gasteiger partial charge in [-0.2, -0.15) is 4.98 Å². The molecule has 1 amide bonds. The van der Waals surface area contributed by atoms with Gasteiger partial charge in [-0.3, -0.25) is 9.20 Å². The molecule has 27 heavy (non-hydrogen) atoms. The number of fused-ring (bicyclic) bond motifs is 1. The Balaban J connectivity index is 1.46. The molecule has 3 heterocycles. The third-order valence-electron chi connectivity index (χ3n) is 4.96. The summed E-state index contributed by atoms with van der Waals surface area (Å²) in [5, 5.41) is 7.96. The van der Waals surface area contributed by atoms with Crippen molar-refractivity contribution in [3.05, 3.63) is 47.9 Å². The number of benzene rings is 1. The first-order valence-corrected chi connectivity index (χ1v) is 9.02. The average Bonchev–Trinajstić information content (AvgIpc) is 3.17. The molecule has 2 aromatic heterocycles. The number of aromatic nitrogens is 4. The third kappa shape index (κ3) is 3.30. The van der Waals surface area contributed by atoms with Crippen LogP contribution in [0.1, 0.15) is 16.1 Å². The quantitative estimate of drug-likeness (QED) is 0.700. The van der Waals surface area contributed by atoms with Gasteiger partial charge in [0.05, 0.1) is 0 Å². The lowest BCUT2D eigenvalue weighted by molar-refractivity contribution is 0.0746. The van der Waals surface area contributed by atoms with E-state index in [2.05, 4.69) is 20.1 Å². The number of aryl methyl sites for hydroxylation is 1. The first kappa shape index (κ1) is 17.3. The molecule has 140 valence electrons. The summed E-state index contributed by atoms with van der Waals surface area (Å²) in [5.74, 6) is 1.56. The van der Waals surface area contributed by atoms with E-state index in [0.717, 1.165) is 35.9 Å². The van der Waals surface area contributed by atoms with E-state index in [-0.39, 0.29) is 5.91 Å². The molecular formula is C19H23N7O. The van der Waals surface area contributed by atoms with Gasteiger partial charge in [0.1, 0.15) is 12.1 Å². The molecule has 8 heteroatoms. The number of carbonyl (C=O) groups is 1. The second-order valence-electron chi connectivity index (χ2n) is 6.98. The summed E-state index contributed by atoms with van der Waals surface area (Å²) >= 11 is 0. The normalized spacial score (nSPS) is 14.6. The first-order chi connectivity index (χ1) is 13.0. The molecule has 0 atom stereocenters. The van der Waals surface area contributed by atoms with Gasteiger partial charge in [-0.15, -0.1) is 10.2 Å². The van der Waals surface area contributed by atoms with Crippen LogP contribution in [-0.4, -0.2) is 70.7 Å². The van der Waals surface area contributed by atoms with E-state index in [1.165, 1.54) is 0 Å². The molecule has 0 saturated carbocycles. The van der Waals surface area contributed by atoms with Crippen molar-refractivity contribution in [2.75, 3.05) is 50.1 Å². The van der Waals surface area contributed by atoms with Crippen LogP contribution in [0.2, 0.25) is 0 Å². The minimum atomic E-state index is 0.0791. The third-order valence-corrected chi connectivity index (χ3v) is 4.96. The predicted octanol–water partition coefficient (Wildman–Crippen LogP) is 1.46. The second kappa shape index (κ2) is 6.86. The Bertz CT molecular complexity index is 973. The van der Waals surface area contributed by atoms with E-state index in [4.69, 9.17) is 0 Å². The summed E-state index contributed by atoms with van der Waals surface area (Å²) in [6.07, 6.45) is 1.67. The fourth-order valence-corrected chi connectivity index (χ4v) is 3.35. The minimum Gasteiger partial charge on any atom is -0.378 e. The Labute approximate surface area is 158 Å². The van der Waals surface area contributed by atoms with Gasteiger partial charge in [-0.25, -0.2) is 0 Å². The van der Waals surface area contributed by atoms with Gasteiger partial charge in [-0.05, 0) is 25.1 Å². The molecule has 0 radical (unpaired) electrons. The van der Waals surface area contributed by atoms with E-state index in [0.29, 0.717) is 18.9 Å². The number of nitrogens with zero attached hydrogens (tertiary/aromatic N) is 7. The van der Waals surface area contributed by atoms with E-state index in [1.807, 2.05) is 65.6 Å². The van der Waals surface area contributed by atoms with Crippen LogP contribution in [0.25, 0.3) is 5.78 Å². The molecule has 0 spiro atoms. The van der Waals surface area contributed by atoms with Crippen molar-refractivity contribution in [2.45, 2.75) is 6.92 Å². The highest BCUT2D eigenvalue weighted by Gasteiger charge is 2.23. The number of hydrogen-bond acceptors (Lipinski definition) is 6. The standard InChI is InChI=1S/C19H23N7O/c1-14-11-17(21-19-22-20-13-26(14)19)24-7-9-25(10-8-24)18(27)15-5-4-6-16(12-15)23(2)3/h4-6,11-13H,7-10H2,1-3H3. The monoisotopic (exact) mass is 365 g/mol. The van der Waals surface area contributed by atoms with Crippen molar-refractivity contribution in [3.8, 4) is 0 Å². The maximum absolute atomic E-state index is 12.9. The molecule has 0 bridgehead atoms. The van der Waals surface area contributed by atoms with Crippen molar-refractivity contribution >= 4 is 23.2 Å². The topological polar surface area (TPSA) is 69.9 Å². The van der Waals surface area contributed by atoms with Gasteiger partial charge >= 0.3 is 0 Å². The van der Waals surface area contributed by atoms with E-state index in [1.54, 1.807) is 6.33 Å². The van der Waals surface area contributed by atoms with Crippen molar-refractivity contribution in [1.29, 1.82) is 0 Å². The maximum Gasteiger partial charge on any atom is 0.256 e. The van der Waals surface area contributed by atoms with Gasteiger partial charge in [0.2, 0.25) is 0 Å². The number of rotatable bonds is 3. The molecule has 4 rings (SSSR count). The zero-order valence-electron chi connectivity index (χ0n) is 15.8. The fourth-order valence-electron chi connectivity index (χ4n) is 3.35. The molecule has 3 aromatic rings. The average molecular weight is 365 g/mol. The minimum absolute atomic E-state index is 0.0791. The van der Waals surface area contributed by atoms with Gasteiger partial charge in [0.15, 0.2) is 0 Å². The Hall–Kier alpha value is -3.16. The smallest absolute Gasteiger partial charge is 0.256 e. The summed E-state index contributed by atoms with van der Waals surface area (Å²) in [4.78, 5) is 23.6. The highest BCUT2D eigenvalue weighted by atomic mass is 16.2. The Kier molecular flexibility index (Phi) is 4.39. The Morgan fingerprint density at radius 2 is 1.89 bits per heavy atom. The summed E-state index contributed by atoms with van der Waals surface area (Å²) in [6.45, 7) is 4.85. The maximum atomic E-state index is 12.9. The van der Waals surface area contributed by atoms with Gasteiger partial charge in [-0.1, -0.05) is 6.07 Å². The van der Waals surface area contributed by atoms with E-state index in [9.17, 15) is 4.79 Å². The second-order valence-corrected chi connectivity index (χ2v) is 6.98. The predicted molar refractivity (Wildman–Crippen MR) is 104 cm³/mol. The van der Waals surface area contributed by atoms with Crippen LogP contribution >= 0.6 is 0 Å². The fraction of sp³-hybridized carbons (Fsp3) is 0.368. The highest BCUT2D eigenvalue weighted by molar-refractivity contribution is 5.95. The van der Waals surface area contributed by atoms with Gasteiger partial charge < -0.3 is 14.7 Å². The number of amides is 1. The van der Waals surface area contributed by atoms with Crippen molar-refractivity contribution < 1.29 is 4.79 Å².